The number of fused-ring (bicyclic) bond motifs is 3. The van der Waals surface area contributed by atoms with Crippen LogP contribution in [0.15, 0.2) is 177 Å². The van der Waals surface area contributed by atoms with E-state index in [0.29, 0.717) is 0 Å². The first-order chi connectivity index (χ1) is 23.3. The van der Waals surface area contributed by atoms with Gasteiger partial charge in [0.25, 0.3) is 0 Å². The van der Waals surface area contributed by atoms with Crippen molar-refractivity contribution in [3.05, 3.63) is 188 Å². The molecule has 0 N–H and O–H groups in total. The van der Waals surface area contributed by atoms with E-state index in [4.69, 9.17) is 0 Å². The molecule has 0 aromatic heterocycles. The molecule has 0 fully saturated rings. The van der Waals surface area contributed by atoms with Crippen molar-refractivity contribution in [2.24, 2.45) is 0 Å². The minimum Gasteiger partial charge on any atom is -0.0991 e. The van der Waals surface area contributed by atoms with Gasteiger partial charge in [0.05, 0.1) is 0 Å². The van der Waals surface area contributed by atoms with Crippen LogP contribution in [0.2, 0.25) is 0 Å². The number of allylic oxidation sites excluding steroid dienone is 11. The molecule has 0 amide bonds. The summed E-state index contributed by atoms with van der Waals surface area (Å²) in [5.74, 6) is 0. The molecule has 0 saturated heterocycles. The Morgan fingerprint density at radius 3 is 1.75 bits per heavy atom. The molecule has 5 aromatic carbocycles. The monoisotopic (exact) mass is 630 g/mol. The minimum atomic E-state index is 1.08. The molecule has 0 heterocycles. The molecule has 0 nitrogen and oxygen atoms in total. The Morgan fingerprint density at radius 2 is 1.19 bits per heavy atom. The molecule has 5 aromatic rings. The summed E-state index contributed by atoms with van der Waals surface area (Å²) in [5.41, 5.74) is 11.2. The van der Waals surface area contributed by atoms with Gasteiger partial charge in [0, 0.05) is 0 Å². The summed E-state index contributed by atoms with van der Waals surface area (Å²) in [6, 6.07) is 35.5. The molecule has 0 bridgehead atoms. The fourth-order valence-electron chi connectivity index (χ4n) is 5.25. The Balaban J connectivity index is 0.000000394. The molecule has 0 aliphatic rings. The van der Waals surface area contributed by atoms with E-state index < -0.39 is 0 Å². The van der Waals surface area contributed by atoms with Crippen LogP contribution in [0.3, 0.4) is 0 Å². The van der Waals surface area contributed by atoms with E-state index in [-0.39, 0.29) is 0 Å². The quantitative estimate of drug-likeness (QED) is 0.124. The Bertz CT molecular complexity index is 1930. The summed E-state index contributed by atoms with van der Waals surface area (Å²) in [5, 5.41) is 5.27. The second kappa shape index (κ2) is 20.8. The second-order valence-electron chi connectivity index (χ2n) is 11.2. The standard InChI is InChI=1S/C31H26.C10H14.C5H8.C2H6/c1-4-21(2)23-10-7-11-24(18-23)25-12-8-13-26(19-25)27-15-16-29-22(3)17-28-9-5-6-14-30(28)31(29)20-27;1-5-7-8-10(6-2)9(3)4;1-3-5-4-2;1-2/h4-20H,1-3H3;5-8H,1,3H2,2,4H3;3-5H,1H2,2H3;1-2H3/b21-4+;8-7-,10-6+;5-4-;. The number of aryl methyl sites for hydroxylation is 1. The van der Waals surface area contributed by atoms with Gasteiger partial charge in [0.1, 0.15) is 0 Å². The molecule has 0 unspecified atom stereocenters. The lowest BCUT2D eigenvalue weighted by molar-refractivity contribution is 1.43. The van der Waals surface area contributed by atoms with Crippen LogP contribution in [0.5, 0.6) is 0 Å². The third-order valence-corrected chi connectivity index (χ3v) is 7.89. The maximum absolute atomic E-state index is 3.83. The third-order valence-electron chi connectivity index (χ3n) is 7.89. The summed E-state index contributed by atoms with van der Waals surface area (Å²) in [6.45, 7) is 27.3. The van der Waals surface area contributed by atoms with Crippen LogP contribution in [0.25, 0.3) is 49.4 Å². The lowest BCUT2D eigenvalue weighted by Crippen LogP contribution is -1.86. The minimum absolute atomic E-state index is 1.08. The summed E-state index contributed by atoms with van der Waals surface area (Å²) in [4.78, 5) is 0. The van der Waals surface area contributed by atoms with Gasteiger partial charge >= 0.3 is 0 Å². The molecule has 0 spiro atoms. The van der Waals surface area contributed by atoms with E-state index in [9.17, 15) is 0 Å². The van der Waals surface area contributed by atoms with Crippen LogP contribution in [-0.4, -0.2) is 0 Å². The lowest BCUT2D eigenvalue weighted by Gasteiger charge is -2.11. The van der Waals surface area contributed by atoms with Crippen molar-refractivity contribution in [3.8, 4) is 22.3 Å². The molecule has 0 radical (unpaired) electrons. The maximum Gasteiger partial charge on any atom is -0.00966 e. The van der Waals surface area contributed by atoms with Crippen molar-refractivity contribution in [2.75, 3.05) is 0 Å². The zero-order valence-electron chi connectivity index (χ0n) is 30.5. The van der Waals surface area contributed by atoms with Gasteiger partial charge in [-0.15, -0.1) is 0 Å². The Morgan fingerprint density at radius 1 is 0.583 bits per heavy atom. The SMILES string of the molecule is C/C=C(\C)c1cccc(-c2cccc(-c3ccc4c(C)cc5ccccc5c4c3)c2)c1.C=C/C=C\C.C=C/C=C\C(=C/C)C(=C)C.CC. The van der Waals surface area contributed by atoms with Crippen LogP contribution in [0, 0.1) is 6.92 Å². The van der Waals surface area contributed by atoms with Gasteiger partial charge in [-0.2, -0.15) is 0 Å². The number of hydrogen-bond acceptors (Lipinski definition) is 0. The van der Waals surface area contributed by atoms with Crippen LogP contribution in [0.1, 0.15) is 59.6 Å². The highest BCUT2D eigenvalue weighted by atomic mass is 14.1. The van der Waals surface area contributed by atoms with Crippen LogP contribution >= 0.6 is 0 Å². The van der Waals surface area contributed by atoms with Crippen molar-refractivity contribution in [3.63, 3.8) is 0 Å². The zero-order valence-corrected chi connectivity index (χ0v) is 30.5. The van der Waals surface area contributed by atoms with Gasteiger partial charge in [-0.25, -0.2) is 0 Å². The highest BCUT2D eigenvalue weighted by molar-refractivity contribution is 6.10. The van der Waals surface area contributed by atoms with Gasteiger partial charge in [-0.1, -0.05) is 167 Å². The van der Waals surface area contributed by atoms with Gasteiger partial charge in [-0.3, -0.25) is 0 Å². The van der Waals surface area contributed by atoms with Gasteiger partial charge in [-0.05, 0) is 126 Å². The molecule has 0 heteroatoms. The average Bonchev–Trinajstić information content (AvgIpc) is 3.13. The predicted molar refractivity (Wildman–Crippen MR) is 221 cm³/mol. The van der Waals surface area contributed by atoms with Crippen molar-refractivity contribution in [1.82, 2.24) is 0 Å². The normalized spacial score (nSPS) is 11.2. The Hall–Kier alpha value is -5.20. The number of benzene rings is 5. The predicted octanol–water partition coefficient (Wildman–Crippen LogP) is 15.1. The number of rotatable bonds is 7. The first kappa shape index (κ1) is 39.0. The largest absolute Gasteiger partial charge is 0.0991 e. The molecule has 246 valence electrons. The van der Waals surface area contributed by atoms with Crippen LogP contribution < -0.4 is 0 Å². The smallest absolute Gasteiger partial charge is 0.00966 e. The second-order valence-corrected chi connectivity index (χ2v) is 11.2. The summed E-state index contributed by atoms with van der Waals surface area (Å²) in [7, 11) is 0. The lowest BCUT2D eigenvalue weighted by atomic mass is 9.93. The van der Waals surface area contributed by atoms with E-state index in [2.05, 4.69) is 144 Å². The van der Waals surface area contributed by atoms with E-state index >= 15 is 0 Å². The van der Waals surface area contributed by atoms with Crippen molar-refractivity contribution in [2.45, 2.75) is 55.4 Å². The van der Waals surface area contributed by atoms with E-state index in [1.165, 1.54) is 66.1 Å². The van der Waals surface area contributed by atoms with Gasteiger partial charge in [0.15, 0.2) is 0 Å². The highest BCUT2D eigenvalue weighted by Crippen LogP contribution is 2.34. The van der Waals surface area contributed by atoms with Gasteiger partial charge < -0.3 is 0 Å². The molecular formula is C48H54. The maximum atomic E-state index is 3.83. The first-order valence-corrected chi connectivity index (χ1v) is 16.9. The van der Waals surface area contributed by atoms with Crippen molar-refractivity contribution in [1.29, 1.82) is 0 Å². The molecule has 48 heavy (non-hydrogen) atoms. The molecule has 0 atom stereocenters. The van der Waals surface area contributed by atoms with E-state index in [1.807, 2.05) is 65.0 Å². The average molecular weight is 631 g/mol. The van der Waals surface area contributed by atoms with Crippen LogP contribution in [-0.2, 0) is 0 Å². The van der Waals surface area contributed by atoms with E-state index in [1.54, 1.807) is 12.2 Å². The summed E-state index contributed by atoms with van der Waals surface area (Å²) >= 11 is 0. The molecular weight excluding hydrogens is 577 g/mol. The summed E-state index contributed by atoms with van der Waals surface area (Å²) in [6.07, 6.45) is 15.4. The third kappa shape index (κ3) is 11.0. The summed E-state index contributed by atoms with van der Waals surface area (Å²) < 4.78 is 0. The van der Waals surface area contributed by atoms with Crippen molar-refractivity contribution < 1.29 is 0 Å². The van der Waals surface area contributed by atoms with Gasteiger partial charge in [0.2, 0.25) is 0 Å². The zero-order chi connectivity index (χ0) is 35.5. The Kier molecular flexibility index (Phi) is 16.9. The fraction of sp³-hybridized carbons (Fsp3) is 0.167. The molecule has 5 rings (SSSR count). The van der Waals surface area contributed by atoms with Crippen molar-refractivity contribution >= 4 is 27.1 Å². The molecule has 0 aliphatic heterocycles. The molecule has 0 saturated carbocycles. The highest BCUT2D eigenvalue weighted by Gasteiger charge is 2.08. The first-order valence-electron chi connectivity index (χ1n) is 16.9. The fourth-order valence-corrected chi connectivity index (χ4v) is 5.25. The topological polar surface area (TPSA) is 0 Å². The Labute approximate surface area is 291 Å². The number of hydrogen-bond donors (Lipinski definition) is 0. The van der Waals surface area contributed by atoms with Crippen LogP contribution in [0.4, 0.5) is 0 Å². The molecule has 0 aliphatic carbocycles. The van der Waals surface area contributed by atoms with E-state index in [0.717, 1.165) is 5.57 Å².